The number of hydrogen-bond acceptors (Lipinski definition) is 3. The molecule has 0 aliphatic carbocycles. The van der Waals surface area contributed by atoms with Crippen molar-refractivity contribution < 1.29 is 19.4 Å². The minimum atomic E-state index is -0.757. The summed E-state index contributed by atoms with van der Waals surface area (Å²) in [5.41, 5.74) is 1.03. The molecule has 0 saturated heterocycles. The fraction of sp³-hybridized carbons (Fsp3) is 0.500. The second-order valence-corrected chi connectivity index (χ2v) is 5.39. The molecule has 1 unspecified atom stereocenters. The van der Waals surface area contributed by atoms with Crippen LogP contribution in [0.15, 0.2) is 16.6 Å². The summed E-state index contributed by atoms with van der Waals surface area (Å²) in [4.78, 5) is 10.6. The summed E-state index contributed by atoms with van der Waals surface area (Å²) in [7, 11) is 3.24. The van der Waals surface area contributed by atoms with E-state index in [1.807, 2.05) is 19.1 Å². The second-order valence-electron chi connectivity index (χ2n) is 4.54. The van der Waals surface area contributed by atoms with Gasteiger partial charge in [0, 0.05) is 6.42 Å². The third-order valence-electron chi connectivity index (χ3n) is 2.98. The molecule has 0 saturated carbocycles. The molecule has 1 N–H and O–H groups in total. The number of aliphatic carboxylic acids is 1. The van der Waals surface area contributed by atoms with Gasteiger partial charge in [0.1, 0.15) is 11.5 Å². The first-order valence-corrected chi connectivity index (χ1v) is 6.89. The summed E-state index contributed by atoms with van der Waals surface area (Å²) in [5.74, 6) is 0.918. The van der Waals surface area contributed by atoms with Gasteiger partial charge in [-0.1, -0.05) is 6.92 Å². The fourth-order valence-corrected chi connectivity index (χ4v) is 2.41. The Morgan fingerprint density at radius 3 is 2.47 bits per heavy atom. The molecular weight excluding hydrogens is 312 g/mol. The Kier molecular flexibility index (Phi) is 6.15. The van der Waals surface area contributed by atoms with Gasteiger partial charge >= 0.3 is 5.97 Å². The van der Waals surface area contributed by atoms with Gasteiger partial charge in [0.25, 0.3) is 0 Å². The fourth-order valence-electron chi connectivity index (χ4n) is 1.92. The molecule has 0 heterocycles. The first-order chi connectivity index (χ1) is 8.97. The average molecular weight is 331 g/mol. The van der Waals surface area contributed by atoms with Crippen molar-refractivity contribution in [3.05, 3.63) is 22.2 Å². The lowest BCUT2D eigenvalue weighted by atomic mass is 9.98. The first-order valence-electron chi connectivity index (χ1n) is 6.10. The second kappa shape index (κ2) is 7.38. The summed E-state index contributed by atoms with van der Waals surface area (Å²) < 4.78 is 11.4. The number of carboxylic acids is 1. The molecule has 0 radical (unpaired) electrons. The third kappa shape index (κ3) is 4.74. The largest absolute Gasteiger partial charge is 0.496 e. The Labute approximate surface area is 121 Å². The van der Waals surface area contributed by atoms with E-state index in [0.717, 1.165) is 34.4 Å². The SMILES string of the molecule is COc1cc(CCC(C)CC(=O)O)c(OC)cc1Br. The number of aryl methyl sites for hydroxylation is 1. The van der Waals surface area contributed by atoms with E-state index in [1.165, 1.54) is 0 Å². The van der Waals surface area contributed by atoms with Crippen LogP contribution in [-0.4, -0.2) is 25.3 Å². The zero-order valence-electron chi connectivity index (χ0n) is 11.4. The van der Waals surface area contributed by atoms with E-state index in [-0.39, 0.29) is 12.3 Å². The standard InChI is InChI=1S/C14H19BrO4/c1-9(6-14(16)17)4-5-10-7-13(19-3)11(15)8-12(10)18-2/h7-9H,4-6H2,1-3H3,(H,16,17). The van der Waals surface area contributed by atoms with E-state index in [1.54, 1.807) is 14.2 Å². The van der Waals surface area contributed by atoms with Crippen LogP contribution in [0.4, 0.5) is 0 Å². The maximum Gasteiger partial charge on any atom is 0.303 e. The summed E-state index contributed by atoms with van der Waals surface area (Å²) in [6, 6.07) is 3.80. The Hall–Kier alpha value is -1.23. The molecule has 1 atom stereocenters. The molecule has 5 heteroatoms. The number of halogens is 1. The lowest BCUT2D eigenvalue weighted by molar-refractivity contribution is -0.138. The van der Waals surface area contributed by atoms with Crippen molar-refractivity contribution in [1.82, 2.24) is 0 Å². The summed E-state index contributed by atoms with van der Waals surface area (Å²) in [6.45, 7) is 1.94. The van der Waals surface area contributed by atoms with Gasteiger partial charge in [-0.3, -0.25) is 4.79 Å². The summed E-state index contributed by atoms with van der Waals surface area (Å²) in [5, 5.41) is 8.75. The molecule has 1 aromatic carbocycles. The molecule has 0 aromatic heterocycles. The molecule has 0 aliphatic rings. The number of hydrogen-bond donors (Lipinski definition) is 1. The highest BCUT2D eigenvalue weighted by Gasteiger charge is 2.12. The van der Waals surface area contributed by atoms with Crippen LogP contribution in [0.3, 0.4) is 0 Å². The van der Waals surface area contributed by atoms with Crippen molar-refractivity contribution in [2.24, 2.45) is 5.92 Å². The Morgan fingerprint density at radius 2 is 1.95 bits per heavy atom. The highest BCUT2D eigenvalue weighted by atomic mass is 79.9. The predicted molar refractivity (Wildman–Crippen MR) is 77.0 cm³/mol. The minimum absolute atomic E-state index is 0.136. The number of methoxy groups -OCH3 is 2. The average Bonchev–Trinajstić information content (AvgIpc) is 2.35. The lowest BCUT2D eigenvalue weighted by Gasteiger charge is -2.14. The van der Waals surface area contributed by atoms with E-state index in [0.29, 0.717) is 0 Å². The van der Waals surface area contributed by atoms with Crippen molar-refractivity contribution >= 4 is 21.9 Å². The van der Waals surface area contributed by atoms with E-state index in [2.05, 4.69) is 15.9 Å². The maximum atomic E-state index is 10.6. The van der Waals surface area contributed by atoms with Crippen LogP contribution in [0.1, 0.15) is 25.3 Å². The van der Waals surface area contributed by atoms with Crippen LogP contribution in [0.5, 0.6) is 11.5 Å². The van der Waals surface area contributed by atoms with E-state index < -0.39 is 5.97 Å². The monoisotopic (exact) mass is 330 g/mol. The smallest absolute Gasteiger partial charge is 0.303 e. The van der Waals surface area contributed by atoms with Gasteiger partial charge in [-0.05, 0) is 52.4 Å². The van der Waals surface area contributed by atoms with E-state index in [9.17, 15) is 4.79 Å². The third-order valence-corrected chi connectivity index (χ3v) is 3.60. The molecule has 106 valence electrons. The van der Waals surface area contributed by atoms with Gasteiger partial charge < -0.3 is 14.6 Å². The van der Waals surface area contributed by atoms with Crippen molar-refractivity contribution in [2.75, 3.05) is 14.2 Å². The molecular formula is C14H19BrO4. The molecule has 0 spiro atoms. The molecule has 0 bridgehead atoms. The number of ether oxygens (including phenoxy) is 2. The van der Waals surface area contributed by atoms with Crippen LogP contribution >= 0.6 is 15.9 Å². The molecule has 0 amide bonds. The topological polar surface area (TPSA) is 55.8 Å². The van der Waals surface area contributed by atoms with Crippen LogP contribution in [0, 0.1) is 5.92 Å². The first kappa shape index (κ1) is 15.8. The Morgan fingerprint density at radius 1 is 1.32 bits per heavy atom. The maximum absolute atomic E-state index is 10.6. The molecule has 0 aliphatic heterocycles. The van der Waals surface area contributed by atoms with Gasteiger partial charge in [-0.2, -0.15) is 0 Å². The Bertz CT molecular complexity index is 445. The lowest BCUT2D eigenvalue weighted by Crippen LogP contribution is -2.06. The zero-order chi connectivity index (χ0) is 14.4. The number of carboxylic acid groups (broad SMARTS) is 1. The minimum Gasteiger partial charge on any atom is -0.496 e. The van der Waals surface area contributed by atoms with Crippen LogP contribution < -0.4 is 9.47 Å². The van der Waals surface area contributed by atoms with E-state index in [4.69, 9.17) is 14.6 Å². The van der Waals surface area contributed by atoms with Gasteiger partial charge in [0.15, 0.2) is 0 Å². The molecule has 0 fully saturated rings. The quantitative estimate of drug-likeness (QED) is 0.831. The highest BCUT2D eigenvalue weighted by Crippen LogP contribution is 2.33. The van der Waals surface area contributed by atoms with Gasteiger partial charge in [0.2, 0.25) is 0 Å². The van der Waals surface area contributed by atoms with Crippen molar-refractivity contribution in [3.8, 4) is 11.5 Å². The van der Waals surface area contributed by atoms with Crippen molar-refractivity contribution in [1.29, 1.82) is 0 Å². The van der Waals surface area contributed by atoms with Crippen molar-refractivity contribution in [2.45, 2.75) is 26.2 Å². The number of rotatable bonds is 7. The normalized spacial score (nSPS) is 12.0. The summed E-state index contributed by atoms with van der Waals surface area (Å²) >= 11 is 3.41. The van der Waals surface area contributed by atoms with E-state index >= 15 is 0 Å². The van der Waals surface area contributed by atoms with Gasteiger partial charge in [-0.25, -0.2) is 0 Å². The van der Waals surface area contributed by atoms with Gasteiger partial charge in [-0.15, -0.1) is 0 Å². The zero-order valence-corrected chi connectivity index (χ0v) is 13.0. The van der Waals surface area contributed by atoms with Crippen LogP contribution in [-0.2, 0) is 11.2 Å². The molecule has 4 nitrogen and oxygen atoms in total. The summed E-state index contributed by atoms with van der Waals surface area (Å²) in [6.07, 6.45) is 1.75. The highest BCUT2D eigenvalue weighted by molar-refractivity contribution is 9.10. The van der Waals surface area contributed by atoms with Crippen LogP contribution in [0.25, 0.3) is 0 Å². The van der Waals surface area contributed by atoms with Gasteiger partial charge in [0.05, 0.1) is 18.7 Å². The van der Waals surface area contributed by atoms with Crippen molar-refractivity contribution in [3.63, 3.8) is 0 Å². The molecule has 1 aromatic rings. The molecule has 1 rings (SSSR count). The molecule has 19 heavy (non-hydrogen) atoms. The number of carbonyl (C=O) groups is 1. The number of benzene rings is 1. The van der Waals surface area contributed by atoms with Crippen LogP contribution in [0.2, 0.25) is 0 Å². The Balaban J connectivity index is 2.79. The predicted octanol–water partition coefficient (Wildman–Crippen LogP) is 3.51.